The van der Waals surface area contributed by atoms with Crippen molar-refractivity contribution in [2.75, 3.05) is 5.32 Å². The van der Waals surface area contributed by atoms with E-state index in [4.69, 9.17) is 5.26 Å². The molecule has 0 radical (unpaired) electrons. The summed E-state index contributed by atoms with van der Waals surface area (Å²) in [5.74, 6) is 4.71. The number of nitrogens with zero attached hydrogens (tertiary/aromatic N) is 3. The molecule has 3 rings (SSSR count). The van der Waals surface area contributed by atoms with E-state index in [0.29, 0.717) is 18.5 Å². The number of amides is 1. The lowest BCUT2D eigenvalue weighted by molar-refractivity contribution is -0.111. The van der Waals surface area contributed by atoms with Crippen molar-refractivity contribution in [2.45, 2.75) is 32.6 Å². The monoisotopic (exact) mass is 383 g/mol. The summed E-state index contributed by atoms with van der Waals surface area (Å²) in [5, 5.41) is 12.9. The van der Waals surface area contributed by atoms with Crippen molar-refractivity contribution in [1.82, 2.24) is 9.97 Å². The van der Waals surface area contributed by atoms with Crippen LogP contribution in [-0.4, -0.2) is 21.6 Å². The second-order valence-corrected chi connectivity index (χ2v) is 6.52. The van der Waals surface area contributed by atoms with Gasteiger partial charge in [0, 0.05) is 29.2 Å². The molecule has 0 unspecified atom stereocenters. The molecular formula is C23H21N5O. The lowest BCUT2D eigenvalue weighted by Gasteiger charge is -2.08. The van der Waals surface area contributed by atoms with Gasteiger partial charge in [-0.1, -0.05) is 18.1 Å². The van der Waals surface area contributed by atoms with E-state index in [2.05, 4.69) is 32.1 Å². The van der Waals surface area contributed by atoms with Gasteiger partial charge < -0.3 is 10.3 Å². The first-order chi connectivity index (χ1) is 14.2. The van der Waals surface area contributed by atoms with Crippen LogP contribution < -0.4 is 5.32 Å². The van der Waals surface area contributed by atoms with Crippen molar-refractivity contribution in [3.8, 4) is 18.0 Å². The second-order valence-electron chi connectivity index (χ2n) is 6.52. The van der Waals surface area contributed by atoms with Gasteiger partial charge in [-0.3, -0.25) is 4.79 Å². The molecule has 0 fully saturated rings. The minimum Gasteiger partial charge on any atom is -0.346 e. The molecule has 2 aromatic heterocycles. The number of benzene rings is 1. The summed E-state index contributed by atoms with van der Waals surface area (Å²) in [4.78, 5) is 23.1. The molecule has 0 atom stereocenters. The molecule has 2 N–H and O–H groups in total. The molecule has 2 heterocycles. The van der Waals surface area contributed by atoms with Crippen molar-refractivity contribution >= 4 is 28.3 Å². The largest absolute Gasteiger partial charge is 0.346 e. The number of nitrogens with one attached hydrogen (secondary N) is 2. The fourth-order valence-electron chi connectivity index (χ4n) is 3.19. The maximum atomic E-state index is 11.6. The van der Waals surface area contributed by atoms with Crippen molar-refractivity contribution in [3.05, 3.63) is 59.9 Å². The lowest BCUT2D eigenvalue weighted by atomic mass is 10.0. The lowest BCUT2D eigenvalue weighted by Crippen LogP contribution is -2.08. The normalized spacial score (nSPS) is 10.8. The summed E-state index contributed by atoms with van der Waals surface area (Å²) in [5.41, 5.74) is 4.69. The van der Waals surface area contributed by atoms with Gasteiger partial charge in [0.05, 0.1) is 0 Å². The van der Waals surface area contributed by atoms with Crippen molar-refractivity contribution in [2.24, 2.45) is 4.99 Å². The molecule has 0 bridgehead atoms. The average molecular weight is 383 g/mol. The molecule has 0 aliphatic carbocycles. The van der Waals surface area contributed by atoms with E-state index in [9.17, 15) is 4.79 Å². The number of hydrogen-bond acceptors (Lipinski definition) is 4. The van der Waals surface area contributed by atoms with E-state index in [0.717, 1.165) is 35.2 Å². The Balaban J connectivity index is 1.62. The van der Waals surface area contributed by atoms with Crippen molar-refractivity contribution in [1.29, 1.82) is 5.26 Å². The number of hydrogen-bond donors (Lipinski definition) is 2. The fourth-order valence-corrected chi connectivity index (χ4v) is 3.19. The van der Waals surface area contributed by atoms with Crippen LogP contribution in [0.5, 0.6) is 0 Å². The molecule has 0 saturated heterocycles. The molecule has 6 nitrogen and oxygen atoms in total. The summed E-state index contributed by atoms with van der Waals surface area (Å²) in [6, 6.07) is 11.7. The third-order valence-corrected chi connectivity index (χ3v) is 4.57. The van der Waals surface area contributed by atoms with Crippen LogP contribution in [0.2, 0.25) is 0 Å². The van der Waals surface area contributed by atoms with Gasteiger partial charge >= 0.3 is 0 Å². The standard InChI is InChI=1S/C23H21N5O/c1-2-4-22(29)28-20-6-3-5-17(15-20)7-9-19(27-16-24)10-8-18-11-13-25-23-21(18)12-14-26-23/h3,5-6,11-15H,7-10H2,1H3,(H,25,26)(H,28,29). The van der Waals surface area contributed by atoms with Crippen LogP contribution in [0.4, 0.5) is 5.69 Å². The van der Waals surface area contributed by atoms with Gasteiger partial charge in [-0.25, -0.2) is 4.98 Å². The molecule has 0 aliphatic heterocycles. The smallest absolute Gasteiger partial charge is 0.300 e. The maximum absolute atomic E-state index is 11.6. The highest BCUT2D eigenvalue weighted by Crippen LogP contribution is 2.18. The number of nitriles is 1. The first-order valence-corrected chi connectivity index (χ1v) is 9.38. The first kappa shape index (κ1) is 19.9. The second kappa shape index (κ2) is 9.87. The highest BCUT2D eigenvalue weighted by Gasteiger charge is 2.07. The number of H-pyrrole nitrogens is 1. The van der Waals surface area contributed by atoms with Crippen LogP contribution in [0.25, 0.3) is 11.0 Å². The van der Waals surface area contributed by atoms with Crippen molar-refractivity contribution < 1.29 is 4.79 Å². The van der Waals surface area contributed by atoms with Gasteiger partial charge in [0.1, 0.15) is 5.65 Å². The van der Waals surface area contributed by atoms with E-state index in [1.54, 1.807) is 13.1 Å². The zero-order valence-corrected chi connectivity index (χ0v) is 16.2. The fraction of sp³-hybridized carbons (Fsp3) is 0.217. The number of anilines is 1. The van der Waals surface area contributed by atoms with Crippen LogP contribution in [0.3, 0.4) is 0 Å². The van der Waals surface area contributed by atoms with Gasteiger partial charge in [-0.15, -0.1) is 0 Å². The van der Waals surface area contributed by atoms with Crippen LogP contribution in [0.15, 0.2) is 53.8 Å². The highest BCUT2D eigenvalue weighted by molar-refractivity contribution is 6.03. The van der Waals surface area contributed by atoms with Gasteiger partial charge in [0.15, 0.2) is 0 Å². The van der Waals surface area contributed by atoms with Crippen LogP contribution >= 0.6 is 0 Å². The number of aliphatic imine (C=N–C) groups is 1. The Bertz CT molecular complexity index is 1140. The van der Waals surface area contributed by atoms with Crippen molar-refractivity contribution in [3.63, 3.8) is 0 Å². The number of aromatic amines is 1. The Morgan fingerprint density at radius 1 is 1.24 bits per heavy atom. The molecule has 144 valence electrons. The molecule has 1 amide bonds. The third-order valence-electron chi connectivity index (χ3n) is 4.57. The molecule has 29 heavy (non-hydrogen) atoms. The highest BCUT2D eigenvalue weighted by atomic mass is 16.1. The number of aryl methyl sites for hydroxylation is 2. The number of rotatable bonds is 7. The number of carbonyl (C=O) groups excluding carboxylic acids is 1. The van der Waals surface area contributed by atoms with Gasteiger partial charge in [0.2, 0.25) is 6.19 Å². The topological polar surface area (TPSA) is 93.9 Å². The summed E-state index contributed by atoms with van der Waals surface area (Å²) < 4.78 is 0. The Hall–Kier alpha value is -3.90. The summed E-state index contributed by atoms with van der Waals surface area (Å²) in [7, 11) is 0. The van der Waals surface area contributed by atoms with E-state index in [-0.39, 0.29) is 5.91 Å². The van der Waals surface area contributed by atoms with Crippen LogP contribution in [-0.2, 0) is 17.6 Å². The summed E-state index contributed by atoms with van der Waals surface area (Å²) in [6.07, 6.45) is 8.51. The Morgan fingerprint density at radius 2 is 2.10 bits per heavy atom. The van der Waals surface area contributed by atoms with Gasteiger partial charge in [-0.05, 0) is 73.9 Å². The molecule has 6 heteroatoms. The van der Waals surface area contributed by atoms with E-state index in [1.807, 2.05) is 48.8 Å². The number of pyridine rings is 1. The molecule has 0 spiro atoms. The van der Waals surface area contributed by atoms with Gasteiger partial charge in [-0.2, -0.15) is 10.3 Å². The first-order valence-electron chi connectivity index (χ1n) is 9.38. The Morgan fingerprint density at radius 3 is 2.93 bits per heavy atom. The van der Waals surface area contributed by atoms with E-state index < -0.39 is 0 Å². The molecule has 3 aromatic rings. The van der Waals surface area contributed by atoms with Crippen LogP contribution in [0.1, 0.15) is 30.9 Å². The van der Waals surface area contributed by atoms with Crippen LogP contribution in [0, 0.1) is 23.3 Å². The zero-order chi connectivity index (χ0) is 20.5. The minimum atomic E-state index is -0.329. The number of fused-ring (bicyclic) bond motifs is 1. The van der Waals surface area contributed by atoms with Gasteiger partial charge in [0.25, 0.3) is 5.91 Å². The summed E-state index contributed by atoms with van der Waals surface area (Å²) >= 11 is 0. The Kier molecular flexibility index (Phi) is 6.75. The quantitative estimate of drug-likeness (QED) is 0.367. The minimum absolute atomic E-state index is 0.329. The zero-order valence-electron chi connectivity index (χ0n) is 16.2. The molecule has 0 saturated carbocycles. The molecular weight excluding hydrogens is 362 g/mol. The number of carbonyl (C=O) groups is 1. The third kappa shape index (κ3) is 5.54. The predicted octanol–water partition coefficient (Wildman–Crippen LogP) is 4.01. The predicted molar refractivity (Wildman–Crippen MR) is 114 cm³/mol. The average Bonchev–Trinajstić information content (AvgIpc) is 3.20. The number of aromatic nitrogens is 2. The molecule has 0 aliphatic rings. The summed E-state index contributed by atoms with van der Waals surface area (Å²) in [6.45, 7) is 1.62. The van der Waals surface area contributed by atoms with E-state index >= 15 is 0 Å². The Labute approximate surface area is 169 Å². The molecule has 1 aromatic carbocycles. The van der Waals surface area contributed by atoms with E-state index in [1.165, 1.54) is 5.56 Å². The SMILES string of the molecule is CC#CC(=O)Nc1cccc(CCC(CCc2ccnc3[nH]ccc23)=NC#N)c1. The maximum Gasteiger partial charge on any atom is 0.300 e.